The van der Waals surface area contributed by atoms with Crippen molar-refractivity contribution in [3.63, 3.8) is 0 Å². The Bertz CT molecular complexity index is 442. The zero-order chi connectivity index (χ0) is 13.2. The van der Waals surface area contributed by atoms with Gasteiger partial charge < -0.3 is 4.74 Å². The molecule has 102 valence electrons. The summed E-state index contributed by atoms with van der Waals surface area (Å²) in [5.74, 6) is 1.09. The average Bonchev–Trinajstić information content (AvgIpc) is 2.41. The first-order valence-electron chi connectivity index (χ1n) is 7.02. The Morgan fingerprint density at radius 2 is 2.05 bits per heavy atom. The first kappa shape index (κ1) is 12.6. The minimum Gasteiger partial charge on any atom is -0.481 e. The molecule has 0 aliphatic carbocycles. The predicted octanol–water partition coefficient (Wildman–Crippen LogP) is 2.18. The normalized spacial score (nSPS) is 27.3. The van der Waals surface area contributed by atoms with Crippen molar-refractivity contribution in [2.24, 2.45) is 0 Å². The summed E-state index contributed by atoms with van der Waals surface area (Å²) in [6.07, 6.45) is 6.93. The lowest BCUT2D eigenvalue weighted by molar-refractivity contribution is -0.127. The number of ether oxygens (including phenoxy) is 1. The molecule has 0 saturated carbocycles. The summed E-state index contributed by atoms with van der Waals surface area (Å²) in [4.78, 5) is 18.5. The number of ketones is 1. The number of piperidine rings is 2. The maximum atomic E-state index is 11.7. The van der Waals surface area contributed by atoms with Gasteiger partial charge in [0.15, 0.2) is 0 Å². The molecule has 0 amide bonds. The lowest BCUT2D eigenvalue weighted by Gasteiger charge is -2.45. The van der Waals surface area contributed by atoms with Crippen molar-refractivity contribution in [1.29, 1.82) is 0 Å². The topological polar surface area (TPSA) is 42.4 Å². The summed E-state index contributed by atoms with van der Waals surface area (Å²) in [6.45, 7) is 0.902. The van der Waals surface area contributed by atoms with E-state index in [0.29, 0.717) is 23.7 Å². The number of pyridine rings is 1. The summed E-state index contributed by atoms with van der Waals surface area (Å²) in [5.41, 5.74) is 1.20. The number of carbonyl (C=O) groups is 1. The molecule has 0 N–H and O–H groups in total. The second-order valence-electron chi connectivity index (χ2n) is 5.57. The third kappa shape index (κ3) is 2.63. The van der Waals surface area contributed by atoms with Crippen LogP contribution in [-0.2, 0) is 11.3 Å². The van der Waals surface area contributed by atoms with E-state index < -0.39 is 0 Å². The summed E-state index contributed by atoms with van der Waals surface area (Å²) in [6, 6.07) is 4.86. The molecular formula is C15H20N2O2. The number of rotatable bonds is 3. The lowest BCUT2D eigenvalue weighted by Crippen LogP contribution is -2.51. The molecule has 0 spiro atoms. The van der Waals surface area contributed by atoms with Crippen molar-refractivity contribution < 1.29 is 9.53 Å². The number of Topliss-reactive ketones (excluding diaryl/α,β-unsaturated/α-hetero) is 1. The van der Waals surface area contributed by atoms with Gasteiger partial charge in [-0.05, 0) is 18.4 Å². The molecule has 1 aromatic rings. The predicted molar refractivity (Wildman–Crippen MR) is 72.0 cm³/mol. The van der Waals surface area contributed by atoms with Gasteiger partial charge in [-0.25, -0.2) is 4.98 Å². The highest BCUT2D eigenvalue weighted by molar-refractivity contribution is 5.80. The highest BCUT2D eigenvalue weighted by Gasteiger charge is 2.37. The number of hydrogen-bond donors (Lipinski definition) is 0. The highest BCUT2D eigenvalue weighted by Crippen LogP contribution is 2.33. The third-order valence-electron chi connectivity index (χ3n) is 4.31. The van der Waals surface area contributed by atoms with Crippen molar-refractivity contribution in [2.45, 2.75) is 50.7 Å². The molecule has 3 rings (SSSR count). The Balaban J connectivity index is 1.72. The quantitative estimate of drug-likeness (QED) is 0.835. The van der Waals surface area contributed by atoms with E-state index in [9.17, 15) is 4.79 Å². The Labute approximate surface area is 113 Å². The molecule has 2 aliphatic heterocycles. The zero-order valence-corrected chi connectivity index (χ0v) is 11.3. The van der Waals surface area contributed by atoms with Gasteiger partial charge in [-0.15, -0.1) is 0 Å². The van der Waals surface area contributed by atoms with E-state index in [4.69, 9.17) is 4.74 Å². The van der Waals surface area contributed by atoms with Crippen LogP contribution in [0.3, 0.4) is 0 Å². The van der Waals surface area contributed by atoms with Crippen LogP contribution < -0.4 is 4.74 Å². The maximum absolute atomic E-state index is 11.7. The van der Waals surface area contributed by atoms with E-state index >= 15 is 0 Å². The molecule has 19 heavy (non-hydrogen) atoms. The summed E-state index contributed by atoms with van der Waals surface area (Å²) < 4.78 is 5.08. The fourth-order valence-corrected chi connectivity index (χ4v) is 3.36. The van der Waals surface area contributed by atoms with Crippen LogP contribution in [0.15, 0.2) is 18.3 Å². The van der Waals surface area contributed by atoms with Crippen molar-refractivity contribution in [1.82, 2.24) is 9.88 Å². The number of aromatic nitrogens is 1. The summed E-state index contributed by atoms with van der Waals surface area (Å²) in [5, 5.41) is 0. The Morgan fingerprint density at radius 1 is 1.32 bits per heavy atom. The minimum absolute atomic E-state index is 0.443. The van der Waals surface area contributed by atoms with Gasteiger partial charge in [0.2, 0.25) is 5.88 Å². The standard InChI is InChI=1S/C15H20N2O2/c1-19-15-6-5-11(9-16-15)10-17-12-3-2-4-13(17)8-14(18)7-12/h5-6,9,12-13H,2-4,7-8,10H2,1H3. The van der Waals surface area contributed by atoms with Crippen molar-refractivity contribution in [3.05, 3.63) is 23.9 Å². The number of hydrogen-bond acceptors (Lipinski definition) is 4. The first-order valence-corrected chi connectivity index (χ1v) is 7.02. The van der Waals surface area contributed by atoms with Gasteiger partial charge in [0.1, 0.15) is 5.78 Å². The second-order valence-corrected chi connectivity index (χ2v) is 5.57. The van der Waals surface area contributed by atoms with Gasteiger partial charge in [0, 0.05) is 43.7 Å². The largest absolute Gasteiger partial charge is 0.481 e. The summed E-state index contributed by atoms with van der Waals surface area (Å²) >= 11 is 0. The molecule has 4 heteroatoms. The van der Waals surface area contributed by atoms with E-state index in [-0.39, 0.29) is 0 Å². The van der Waals surface area contributed by atoms with Crippen LogP contribution in [0.2, 0.25) is 0 Å². The number of nitrogens with zero attached hydrogens (tertiary/aromatic N) is 2. The van der Waals surface area contributed by atoms with E-state index in [0.717, 1.165) is 32.2 Å². The van der Waals surface area contributed by atoms with Crippen LogP contribution in [0.25, 0.3) is 0 Å². The maximum Gasteiger partial charge on any atom is 0.212 e. The van der Waals surface area contributed by atoms with Gasteiger partial charge in [0.05, 0.1) is 7.11 Å². The van der Waals surface area contributed by atoms with Crippen LogP contribution >= 0.6 is 0 Å². The number of methoxy groups -OCH3 is 1. The van der Waals surface area contributed by atoms with Crippen molar-refractivity contribution >= 4 is 5.78 Å². The smallest absolute Gasteiger partial charge is 0.212 e. The van der Waals surface area contributed by atoms with Gasteiger partial charge in [0.25, 0.3) is 0 Å². The van der Waals surface area contributed by atoms with Crippen molar-refractivity contribution in [3.8, 4) is 5.88 Å². The average molecular weight is 260 g/mol. The molecular weight excluding hydrogens is 240 g/mol. The minimum atomic E-state index is 0.443. The Hall–Kier alpha value is -1.42. The molecule has 0 aromatic carbocycles. The monoisotopic (exact) mass is 260 g/mol. The molecule has 2 fully saturated rings. The van der Waals surface area contributed by atoms with Crippen LogP contribution in [0.4, 0.5) is 0 Å². The van der Waals surface area contributed by atoms with E-state index in [1.165, 1.54) is 12.0 Å². The van der Waals surface area contributed by atoms with Crippen LogP contribution in [-0.4, -0.2) is 34.9 Å². The first-order chi connectivity index (χ1) is 9.26. The lowest BCUT2D eigenvalue weighted by atomic mass is 9.83. The van der Waals surface area contributed by atoms with E-state index in [2.05, 4.69) is 16.0 Å². The molecule has 2 atom stereocenters. The van der Waals surface area contributed by atoms with E-state index in [1.54, 1.807) is 7.11 Å². The van der Waals surface area contributed by atoms with Gasteiger partial charge in [-0.3, -0.25) is 9.69 Å². The molecule has 4 nitrogen and oxygen atoms in total. The van der Waals surface area contributed by atoms with Gasteiger partial charge >= 0.3 is 0 Å². The fraction of sp³-hybridized carbons (Fsp3) is 0.600. The molecule has 2 saturated heterocycles. The van der Waals surface area contributed by atoms with Gasteiger partial charge in [-0.1, -0.05) is 12.5 Å². The number of carbonyl (C=O) groups excluding carboxylic acids is 1. The molecule has 2 aliphatic rings. The zero-order valence-electron chi connectivity index (χ0n) is 11.3. The molecule has 2 unspecified atom stereocenters. The molecule has 1 aromatic heterocycles. The van der Waals surface area contributed by atoms with Gasteiger partial charge in [-0.2, -0.15) is 0 Å². The second kappa shape index (κ2) is 5.29. The fourth-order valence-electron chi connectivity index (χ4n) is 3.36. The van der Waals surface area contributed by atoms with Crippen LogP contribution in [0.1, 0.15) is 37.7 Å². The Kier molecular flexibility index (Phi) is 3.51. The Morgan fingerprint density at radius 3 is 2.63 bits per heavy atom. The van der Waals surface area contributed by atoms with Crippen molar-refractivity contribution in [2.75, 3.05) is 7.11 Å². The van der Waals surface area contributed by atoms with E-state index in [1.807, 2.05) is 12.3 Å². The third-order valence-corrected chi connectivity index (χ3v) is 4.31. The summed E-state index contributed by atoms with van der Waals surface area (Å²) in [7, 11) is 1.63. The molecule has 0 radical (unpaired) electrons. The number of fused-ring (bicyclic) bond motifs is 2. The SMILES string of the molecule is COc1ccc(CN2C3CCCC2CC(=O)C3)cn1. The molecule has 2 bridgehead atoms. The highest BCUT2D eigenvalue weighted by atomic mass is 16.5. The molecule has 3 heterocycles. The van der Waals surface area contributed by atoms with Crippen LogP contribution in [0, 0.1) is 0 Å². The van der Waals surface area contributed by atoms with Crippen LogP contribution in [0.5, 0.6) is 5.88 Å².